The molecule has 90 valence electrons. The van der Waals surface area contributed by atoms with Crippen molar-refractivity contribution in [2.75, 3.05) is 12.3 Å². The Balaban J connectivity index is 2.28. The zero-order valence-electron chi connectivity index (χ0n) is 8.80. The maximum Gasteiger partial charge on any atom is 0.323 e. The lowest BCUT2D eigenvalue weighted by molar-refractivity contribution is -0.143. The molecule has 0 unspecified atom stereocenters. The molecule has 1 aliphatic rings. The van der Waals surface area contributed by atoms with Crippen LogP contribution in [0.4, 0.5) is 4.39 Å². The van der Waals surface area contributed by atoms with E-state index < -0.39 is 23.7 Å². The normalized spacial score (nSPS) is 19.7. The fourth-order valence-electron chi connectivity index (χ4n) is 1.70. The number of rotatable bonds is 3. The molecule has 17 heavy (non-hydrogen) atoms. The lowest BCUT2D eigenvalue weighted by atomic mass is 10.2. The number of thioether (sulfide) groups is 1. The molecular weight excluding hydrogens is 245 g/mol. The van der Waals surface area contributed by atoms with E-state index in [4.69, 9.17) is 5.11 Å². The van der Waals surface area contributed by atoms with Gasteiger partial charge >= 0.3 is 5.97 Å². The van der Waals surface area contributed by atoms with E-state index in [0.717, 1.165) is 0 Å². The van der Waals surface area contributed by atoms with Gasteiger partial charge in [-0.05, 0) is 6.07 Å². The number of carbonyl (C=O) groups excluding carboxylic acids is 1. The number of benzene rings is 1. The maximum absolute atomic E-state index is 13.6. The largest absolute Gasteiger partial charge is 0.480 e. The first-order valence-corrected chi connectivity index (χ1v) is 6.02. The van der Waals surface area contributed by atoms with Gasteiger partial charge in [-0.15, -0.1) is 11.8 Å². The Morgan fingerprint density at radius 1 is 1.53 bits per heavy atom. The summed E-state index contributed by atoms with van der Waals surface area (Å²) in [7, 11) is 0. The number of carboxylic acids is 1. The number of carboxylic acid groups (broad SMARTS) is 1. The minimum Gasteiger partial charge on any atom is -0.480 e. The first-order valence-electron chi connectivity index (χ1n) is 4.97. The van der Waals surface area contributed by atoms with Gasteiger partial charge in [0.1, 0.15) is 17.7 Å². The monoisotopic (exact) mass is 255 g/mol. The summed E-state index contributed by atoms with van der Waals surface area (Å²) < 4.78 is 13.6. The predicted molar refractivity (Wildman–Crippen MR) is 60.9 cm³/mol. The first kappa shape index (κ1) is 11.9. The van der Waals surface area contributed by atoms with Crippen molar-refractivity contribution in [3.63, 3.8) is 0 Å². The van der Waals surface area contributed by atoms with Gasteiger partial charge in [-0.1, -0.05) is 18.2 Å². The van der Waals surface area contributed by atoms with Gasteiger partial charge in [-0.2, -0.15) is 0 Å². The van der Waals surface area contributed by atoms with E-state index in [1.165, 1.54) is 22.7 Å². The summed E-state index contributed by atoms with van der Waals surface area (Å²) in [5, 5.41) is 8.19. The Hall–Kier alpha value is -1.56. The standard InChI is InChI=1S/C11H10FNO3S/c12-8-4-2-1-3-7(8)11-13(5-10(15)16)9(14)6-17-11/h1-4,11H,5-6H2,(H,15,16)/t11-/m0/s1. The SMILES string of the molecule is O=C(O)CN1C(=O)CS[C@H]1c1ccccc1F. The highest BCUT2D eigenvalue weighted by Crippen LogP contribution is 2.39. The Bertz CT molecular complexity index is 466. The summed E-state index contributed by atoms with van der Waals surface area (Å²) in [5.41, 5.74) is 0.351. The zero-order chi connectivity index (χ0) is 12.4. The number of halogens is 1. The van der Waals surface area contributed by atoms with Crippen LogP contribution in [0.25, 0.3) is 0 Å². The number of aliphatic carboxylic acids is 1. The maximum atomic E-state index is 13.6. The highest BCUT2D eigenvalue weighted by Gasteiger charge is 2.35. The number of hydrogen-bond donors (Lipinski definition) is 1. The van der Waals surface area contributed by atoms with Gasteiger partial charge < -0.3 is 10.0 Å². The molecule has 1 aliphatic heterocycles. The van der Waals surface area contributed by atoms with Crippen LogP contribution in [0.5, 0.6) is 0 Å². The molecule has 0 spiro atoms. The van der Waals surface area contributed by atoms with Gasteiger partial charge in [-0.25, -0.2) is 4.39 Å². The molecule has 6 heteroatoms. The summed E-state index contributed by atoms with van der Waals surface area (Å²) in [5.74, 6) is -1.60. The third-order valence-electron chi connectivity index (χ3n) is 2.44. The van der Waals surface area contributed by atoms with Crippen LogP contribution in [-0.2, 0) is 9.59 Å². The molecule has 1 aromatic rings. The molecule has 0 bridgehead atoms. The predicted octanol–water partition coefficient (Wildman–Crippen LogP) is 1.48. The zero-order valence-corrected chi connectivity index (χ0v) is 9.61. The molecule has 1 heterocycles. The van der Waals surface area contributed by atoms with Crippen LogP contribution in [0.15, 0.2) is 24.3 Å². The molecular formula is C11H10FNO3S. The van der Waals surface area contributed by atoms with Crippen LogP contribution in [0.2, 0.25) is 0 Å². The van der Waals surface area contributed by atoms with Gasteiger partial charge in [0, 0.05) is 5.56 Å². The summed E-state index contributed by atoms with van der Waals surface area (Å²) in [6.45, 7) is -0.398. The van der Waals surface area contributed by atoms with Crippen LogP contribution < -0.4 is 0 Å². The molecule has 0 aliphatic carbocycles. The smallest absolute Gasteiger partial charge is 0.323 e. The van der Waals surface area contributed by atoms with Crippen molar-refractivity contribution in [1.29, 1.82) is 0 Å². The fourth-order valence-corrected chi connectivity index (χ4v) is 2.91. The van der Waals surface area contributed by atoms with Gasteiger partial charge in [0.2, 0.25) is 5.91 Å². The molecule has 2 rings (SSSR count). The van der Waals surface area contributed by atoms with Gasteiger partial charge in [-0.3, -0.25) is 9.59 Å². The summed E-state index contributed by atoms with van der Waals surface area (Å²) in [6.07, 6.45) is 0. The minimum absolute atomic E-state index is 0.187. The third-order valence-corrected chi connectivity index (χ3v) is 3.68. The van der Waals surface area contributed by atoms with E-state index in [1.807, 2.05) is 0 Å². The van der Waals surface area contributed by atoms with Gasteiger partial charge in [0.25, 0.3) is 0 Å². The highest BCUT2D eigenvalue weighted by atomic mass is 32.2. The summed E-state index contributed by atoms with van der Waals surface area (Å²) >= 11 is 1.24. The van der Waals surface area contributed by atoms with E-state index in [9.17, 15) is 14.0 Å². The second-order valence-corrected chi connectivity index (χ2v) is 4.67. The molecule has 0 aromatic heterocycles. The molecule has 1 fully saturated rings. The summed E-state index contributed by atoms with van der Waals surface area (Å²) in [4.78, 5) is 23.4. The Morgan fingerprint density at radius 2 is 2.24 bits per heavy atom. The molecule has 1 aromatic carbocycles. The van der Waals surface area contributed by atoms with Crippen molar-refractivity contribution < 1.29 is 19.1 Å². The number of amides is 1. The van der Waals surface area contributed by atoms with Gasteiger partial charge in [0.15, 0.2) is 0 Å². The van der Waals surface area contributed by atoms with Crippen molar-refractivity contribution in [3.05, 3.63) is 35.6 Å². The molecule has 1 amide bonds. The lowest BCUT2D eigenvalue weighted by Gasteiger charge is -2.22. The van der Waals surface area contributed by atoms with E-state index in [1.54, 1.807) is 18.2 Å². The average molecular weight is 255 g/mol. The molecule has 1 atom stereocenters. The number of nitrogens with zero attached hydrogens (tertiary/aromatic N) is 1. The highest BCUT2D eigenvalue weighted by molar-refractivity contribution is 8.00. The number of hydrogen-bond acceptors (Lipinski definition) is 3. The molecule has 1 N–H and O–H groups in total. The van der Waals surface area contributed by atoms with Crippen LogP contribution in [0.3, 0.4) is 0 Å². The average Bonchev–Trinajstić information content (AvgIpc) is 2.61. The van der Waals surface area contributed by atoms with Crippen LogP contribution >= 0.6 is 11.8 Å². The van der Waals surface area contributed by atoms with Crippen molar-refractivity contribution in [1.82, 2.24) is 4.90 Å². The Morgan fingerprint density at radius 3 is 2.88 bits per heavy atom. The van der Waals surface area contributed by atoms with Gasteiger partial charge in [0.05, 0.1) is 5.75 Å². The second-order valence-electron chi connectivity index (χ2n) is 3.60. The van der Waals surface area contributed by atoms with Crippen LogP contribution in [-0.4, -0.2) is 34.2 Å². The van der Waals surface area contributed by atoms with Crippen molar-refractivity contribution in [2.24, 2.45) is 0 Å². The second kappa shape index (κ2) is 4.75. The van der Waals surface area contributed by atoms with Crippen LogP contribution in [0, 0.1) is 5.82 Å². The fraction of sp³-hybridized carbons (Fsp3) is 0.273. The van der Waals surface area contributed by atoms with E-state index >= 15 is 0 Å². The van der Waals surface area contributed by atoms with E-state index in [0.29, 0.717) is 5.56 Å². The van der Waals surface area contributed by atoms with E-state index in [-0.39, 0.29) is 11.7 Å². The molecule has 0 radical (unpaired) electrons. The molecule has 0 saturated carbocycles. The van der Waals surface area contributed by atoms with Crippen molar-refractivity contribution in [3.8, 4) is 0 Å². The van der Waals surface area contributed by atoms with Crippen molar-refractivity contribution in [2.45, 2.75) is 5.37 Å². The van der Waals surface area contributed by atoms with Crippen LogP contribution in [0.1, 0.15) is 10.9 Å². The van der Waals surface area contributed by atoms with Crippen molar-refractivity contribution >= 4 is 23.6 Å². The topological polar surface area (TPSA) is 57.6 Å². The Labute approximate surface area is 101 Å². The first-order chi connectivity index (χ1) is 8.09. The van der Waals surface area contributed by atoms with E-state index in [2.05, 4.69) is 0 Å². The quantitative estimate of drug-likeness (QED) is 0.889. The lowest BCUT2D eigenvalue weighted by Crippen LogP contribution is -2.33. The Kier molecular flexibility index (Phi) is 3.33. The molecule has 4 nitrogen and oxygen atoms in total. The summed E-state index contributed by atoms with van der Waals surface area (Å²) in [6, 6.07) is 6.10. The third kappa shape index (κ3) is 2.41. The molecule has 1 saturated heterocycles. The minimum atomic E-state index is -1.10. The number of carbonyl (C=O) groups is 2.